The number of amides is 2. The number of urea groups is 1. The number of hydrogen-bond donors (Lipinski definition) is 1. The third-order valence-electron chi connectivity index (χ3n) is 5.48. The van der Waals surface area contributed by atoms with E-state index < -0.39 is 0 Å². The Hall–Kier alpha value is -1.88. The normalized spacial score (nSPS) is 17.5. The van der Waals surface area contributed by atoms with Crippen molar-refractivity contribution in [1.29, 1.82) is 0 Å². The number of nitrogens with zero attached hydrogens (tertiary/aromatic N) is 2. The Morgan fingerprint density at radius 2 is 2.00 bits per heavy atom. The maximum Gasteiger partial charge on any atom is 0.317 e. The zero-order chi connectivity index (χ0) is 19.2. The first kappa shape index (κ1) is 19.9. The van der Waals surface area contributed by atoms with Crippen molar-refractivity contribution in [2.45, 2.75) is 39.0 Å². The SMILES string of the molecule is COc1cc(Cl)c(C)cc1N1CCN(C(=O)NCCC2=CCCCC2)CC1. The lowest BCUT2D eigenvalue weighted by Gasteiger charge is -2.36. The van der Waals surface area contributed by atoms with Crippen LogP contribution in [-0.2, 0) is 0 Å². The fourth-order valence-corrected chi connectivity index (χ4v) is 3.94. The Labute approximate surface area is 167 Å². The van der Waals surface area contributed by atoms with Crippen molar-refractivity contribution in [3.05, 3.63) is 34.4 Å². The number of carbonyl (C=O) groups excluding carboxylic acids is 1. The van der Waals surface area contributed by atoms with Gasteiger partial charge in [-0.3, -0.25) is 0 Å². The Morgan fingerprint density at radius 3 is 2.67 bits per heavy atom. The Kier molecular flexibility index (Phi) is 6.89. The molecule has 0 saturated carbocycles. The van der Waals surface area contributed by atoms with Gasteiger partial charge in [0.15, 0.2) is 0 Å². The molecule has 0 radical (unpaired) electrons. The highest BCUT2D eigenvalue weighted by molar-refractivity contribution is 6.31. The summed E-state index contributed by atoms with van der Waals surface area (Å²) in [6.45, 7) is 5.72. The molecular formula is C21H30ClN3O2. The monoisotopic (exact) mass is 391 g/mol. The van der Waals surface area contributed by atoms with Crippen LogP contribution < -0.4 is 15.0 Å². The number of piperazine rings is 1. The van der Waals surface area contributed by atoms with Crippen molar-refractivity contribution in [1.82, 2.24) is 10.2 Å². The van der Waals surface area contributed by atoms with Crippen molar-refractivity contribution < 1.29 is 9.53 Å². The summed E-state index contributed by atoms with van der Waals surface area (Å²) in [5.41, 5.74) is 3.57. The highest BCUT2D eigenvalue weighted by Gasteiger charge is 2.23. The Morgan fingerprint density at radius 1 is 1.22 bits per heavy atom. The van der Waals surface area contributed by atoms with Gasteiger partial charge in [0.05, 0.1) is 12.8 Å². The molecule has 0 atom stereocenters. The maximum absolute atomic E-state index is 12.4. The first-order valence-corrected chi connectivity index (χ1v) is 10.3. The fourth-order valence-electron chi connectivity index (χ4n) is 3.78. The smallest absolute Gasteiger partial charge is 0.317 e. The quantitative estimate of drug-likeness (QED) is 0.757. The molecule has 27 heavy (non-hydrogen) atoms. The molecule has 0 bridgehead atoms. The van der Waals surface area contributed by atoms with E-state index in [9.17, 15) is 4.79 Å². The molecule has 6 heteroatoms. The maximum atomic E-state index is 12.4. The van der Waals surface area contributed by atoms with Crippen molar-refractivity contribution in [2.24, 2.45) is 0 Å². The number of ether oxygens (including phenoxy) is 1. The lowest BCUT2D eigenvalue weighted by molar-refractivity contribution is 0.194. The highest BCUT2D eigenvalue weighted by Crippen LogP contribution is 2.34. The molecule has 1 heterocycles. The fraction of sp³-hybridized carbons (Fsp3) is 0.571. The topological polar surface area (TPSA) is 44.8 Å². The van der Waals surface area contributed by atoms with E-state index in [0.717, 1.165) is 43.1 Å². The van der Waals surface area contributed by atoms with Crippen molar-refractivity contribution >= 4 is 23.3 Å². The van der Waals surface area contributed by atoms with Crippen LogP contribution in [0.3, 0.4) is 0 Å². The van der Waals surface area contributed by atoms with Crippen molar-refractivity contribution in [3.63, 3.8) is 0 Å². The van der Waals surface area contributed by atoms with Gasteiger partial charge >= 0.3 is 6.03 Å². The van der Waals surface area contributed by atoms with E-state index in [1.54, 1.807) is 7.11 Å². The van der Waals surface area contributed by atoms with Crippen LogP contribution in [0.2, 0.25) is 5.02 Å². The van der Waals surface area contributed by atoms with Crippen molar-refractivity contribution in [2.75, 3.05) is 44.7 Å². The van der Waals surface area contributed by atoms with Crippen LogP contribution in [0, 0.1) is 6.92 Å². The van der Waals surface area contributed by atoms with E-state index in [0.29, 0.717) is 18.1 Å². The number of anilines is 1. The van der Waals surface area contributed by atoms with Crippen LogP contribution in [0.5, 0.6) is 5.75 Å². The number of benzene rings is 1. The van der Waals surface area contributed by atoms with E-state index in [1.165, 1.54) is 31.3 Å². The average Bonchev–Trinajstić information content (AvgIpc) is 2.70. The minimum absolute atomic E-state index is 0.0466. The molecule has 0 aromatic heterocycles. The molecular weight excluding hydrogens is 362 g/mol. The predicted molar refractivity (Wildman–Crippen MR) is 111 cm³/mol. The van der Waals surface area contributed by atoms with Crippen LogP contribution >= 0.6 is 11.6 Å². The number of halogens is 1. The van der Waals surface area contributed by atoms with Gasteiger partial charge in [-0.05, 0) is 50.7 Å². The molecule has 3 rings (SSSR count). The average molecular weight is 392 g/mol. The second-order valence-electron chi connectivity index (χ2n) is 7.34. The highest BCUT2D eigenvalue weighted by atomic mass is 35.5. The number of rotatable bonds is 5. The molecule has 5 nitrogen and oxygen atoms in total. The summed E-state index contributed by atoms with van der Waals surface area (Å²) in [5, 5.41) is 3.79. The number of allylic oxidation sites excluding steroid dienone is 1. The van der Waals surface area contributed by atoms with Crippen LogP contribution in [0.1, 0.15) is 37.7 Å². The molecule has 1 aliphatic heterocycles. The van der Waals surface area contributed by atoms with E-state index in [1.807, 2.05) is 17.9 Å². The molecule has 1 aromatic carbocycles. The first-order chi connectivity index (χ1) is 13.1. The molecule has 2 aliphatic rings. The molecule has 1 saturated heterocycles. The third-order valence-corrected chi connectivity index (χ3v) is 5.88. The zero-order valence-electron chi connectivity index (χ0n) is 16.4. The summed E-state index contributed by atoms with van der Waals surface area (Å²) in [6.07, 6.45) is 8.30. The Balaban J connectivity index is 1.49. The van der Waals surface area contributed by atoms with Gasteiger partial charge in [-0.2, -0.15) is 0 Å². The van der Waals surface area contributed by atoms with Gasteiger partial charge in [0, 0.05) is 43.8 Å². The summed E-state index contributed by atoms with van der Waals surface area (Å²) in [6, 6.07) is 3.98. The van der Waals surface area contributed by atoms with Gasteiger partial charge in [-0.25, -0.2) is 4.79 Å². The minimum Gasteiger partial charge on any atom is -0.495 e. The Bertz CT molecular complexity index is 697. The summed E-state index contributed by atoms with van der Waals surface area (Å²) < 4.78 is 5.50. The van der Waals surface area contributed by atoms with Crippen molar-refractivity contribution in [3.8, 4) is 5.75 Å². The van der Waals surface area contributed by atoms with Crippen LogP contribution in [0.4, 0.5) is 10.5 Å². The zero-order valence-corrected chi connectivity index (χ0v) is 17.1. The van der Waals surface area contributed by atoms with E-state index in [4.69, 9.17) is 16.3 Å². The number of aryl methyl sites for hydroxylation is 1. The molecule has 1 N–H and O–H groups in total. The molecule has 1 aromatic rings. The molecule has 1 fully saturated rings. The van der Waals surface area contributed by atoms with Crippen LogP contribution in [0.25, 0.3) is 0 Å². The molecule has 0 unspecified atom stereocenters. The number of hydrogen-bond acceptors (Lipinski definition) is 3. The number of methoxy groups -OCH3 is 1. The predicted octanol–water partition coefficient (Wildman–Crippen LogP) is 4.38. The summed E-state index contributed by atoms with van der Waals surface area (Å²) >= 11 is 6.21. The van der Waals surface area contributed by atoms with Gasteiger partial charge in [-0.15, -0.1) is 0 Å². The second kappa shape index (κ2) is 9.36. The van der Waals surface area contributed by atoms with Gasteiger partial charge in [0.25, 0.3) is 0 Å². The van der Waals surface area contributed by atoms with Gasteiger partial charge in [0.1, 0.15) is 5.75 Å². The lowest BCUT2D eigenvalue weighted by atomic mass is 9.97. The third kappa shape index (κ3) is 5.10. The summed E-state index contributed by atoms with van der Waals surface area (Å²) in [4.78, 5) is 16.6. The first-order valence-electron chi connectivity index (χ1n) is 9.88. The van der Waals surface area contributed by atoms with Gasteiger partial charge in [0.2, 0.25) is 0 Å². The molecule has 2 amide bonds. The minimum atomic E-state index is 0.0466. The van der Waals surface area contributed by atoms with Gasteiger partial charge < -0.3 is 19.9 Å². The largest absolute Gasteiger partial charge is 0.495 e. The molecule has 148 valence electrons. The second-order valence-corrected chi connectivity index (χ2v) is 7.74. The molecule has 1 aliphatic carbocycles. The summed E-state index contributed by atoms with van der Waals surface area (Å²) in [7, 11) is 1.66. The van der Waals surface area contributed by atoms with E-state index in [2.05, 4.69) is 22.4 Å². The standard InChI is InChI=1S/C21H30ClN3O2/c1-16-14-19(20(27-2)15-18(16)22)24-10-12-25(13-11-24)21(26)23-9-8-17-6-4-3-5-7-17/h6,14-15H,3-5,7-13H2,1-2H3,(H,23,26). The number of nitrogens with one attached hydrogen (secondary N) is 1. The summed E-state index contributed by atoms with van der Waals surface area (Å²) in [5.74, 6) is 0.782. The van der Waals surface area contributed by atoms with Crippen LogP contribution in [0.15, 0.2) is 23.8 Å². The lowest BCUT2D eigenvalue weighted by Crippen LogP contribution is -2.52. The number of carbonyl (C=O) groups is 1. The van der Waals surface area contributed by atoms with E-state index >= 15 is 0 Å². The molecule has 0 spiro atoms. The van der Waals surface area contributed by atoms with Gasteiger partial charge in [-0.1, -0.05) is 23.3 Å². The van der Waals surface area contributed by atoms with Crippen LogP contribution in [-0.4, -0.2) is 50.8 Å². The van der Waals surface area contributed by atoms with E-state index in [-0.39, 0.29) is 6.03 Å².